The quantitative estimate of drug-likeness (QED) is 0.773. The average Bonchev–Trinajstić information content (AvgIpc) is 2.28. The van der Waals surface area contributed by atoms with Crippen molar-refractivity contribution >= 4 is 0 Å². The molecule has 1 unspecified atom stereocenters. The summed E-state index contributed by atoms with van der Waals surface area (Å²) < 4.78 is 0. The molecule has 1 fully saturated rings. The third-order valence-corrected chi connectivity index (χ3v) is 4.33. The molecule has 0 amide bonds. The molecule has 102 valence electrons. The molecule has 0 aromatic carbocycles. The zero-order chi connectivity index (χ0) is 12.9. The van der Waals surface area contributed by atoms with Crippen LogP contribution in [0.25, 0.3) is 0 Å². The molecule has 2 N–H and O–H groups in total. The Morgan fingerprint density at radius 3 is 2.24 bits per heavy atom. The largest absolute Gasteiger partial charge is 0.393 e. The van der Waals surface area contributed by atoms with Crippen molar-refractivity contribution in [3.05, 3.63) is 0 Å². The maximum atomic E-state index is 9.50. The van der Waals surface area contributed by atoms with E-state index in [9.17, 15) is 5.11 Å². The Labute approximate surface area is 107 Å². The van der Waals surface area contributed by atoms with Crippen LogP contribution in [0.5, 0.6) is 0 Å². The van der Waals surface area contributed by atoms with Gasteiger partial charge in [-0.1, -0.05) is 27.7 Å². The summed E-state index contributed by atoms with van der Waals surface area (Å²) in [7, 11) is 0. The Balaban J connectivity index is 2.15. The molecule has 1 aliphatic carbocycles. The van der Waals surface area contributed by atoms with Gasteiger partial charge in [-0.2, -0.15) is 0 Å². The highest BCUT2D eigenvalue weighted by Crippen LogP contribution is 2.37. The molecular weight excluding hydrogens is 210 g/mol. The van der Waals surface area contributed by atoms with Crippen LogP contribution in [0, 0.1) is 11.3 Å². The van der Waals surface area contributed by atoms with E-state index in [1.807, 2.05) is 6.92 Å². The van der Waals surface area contributed by atoms with Crippen molar-refractivity contribution in [2.24, 2.45) is 11.3 Å². The number of rotatable bonds is 5. The van der Waals surface area contributed by atoms with Crippen LogP contribution in [-0.2, 0) is 0 Å². The van der Waals surface area contributed by atoms with E-state index in [1.54, 1.807) is 0 Å². The van der Waals surface area contributed by atoms with Gasteiger partial charge < -0.3 is 10.4 Å². The smallest absolute Gasteiger partial charge is 0.0549 e. The Hall–Kier alpha value is -0.0800. The zero-order valence-electron chi connectivity index (χ0n) is 12.1. The minimum atomic E-state index is -0.117. The average molecular weight is 241 g/mol. The summed E-state index contributed by atoms with van der Waals surface area (Å²) in [4.78, 5) is 0. The summed E-state index contributed by atoms with van der Waals surface area (Å²) in [5.41, 5.74) is 0.476. The Morgan fingerprint density at radius 2 is 1.76 bits per heavy atom. The van der Waals surface area contributed by atoms with E-state index in [2.05, 4.69) is 26.1 Å². The molecule has 0 aliphatic heterocycles. The molecule has 0 aromatic heterocycles. The van der Waals surface area contributed by atoms with E-state index in [1.165, 1.54) is 25.7 Å². The first-order valence-corrected chi connectivity index (χ1v) is 7.35. The highest BCUT2D eigenvalue weighted by Gasteiger charge is 2.29. The summed E-state index contributed by atoms with van der Waals surface area (Å²) >= 11 is 0. The van der Waals surface area contributed by atoms with Crippen molar-refractivity contribution < 1.29 is 5.11 Å². The Bertz CT molecular complexity index is 201. The van der Waals surface area contributed by atoms with Crippen LogP contribution in [0.2, 0.25) is 0 Å². The van der Waals surface area contributed by atoms with Crippen molar-refractivity contribution in [1.82, 2.24) is 5.32 Å². The molecule has 0 saturated heterocycles. The molecule has 1 atom stereocenters. The second kappa shape index (κ2) is 6.75. The van der Waals surface area contributed by atoms with E-state index >= 15 is 0 Å². The maximum absolute atomic E-state index is 9.50. The molecule has 17 heavy (non-hydrogen) atoms. The van der Waals surface area contributed by atoms with Gasteiger partial charge in [0.1, 0.15) is 0 Å². The molecule has 0 radical (unpaired) electrons. The summed E-state index contributed by atoms with van der Waals surface area (Å²) in [6, 6.07) is 0.692. The Morgan fingerprint density at radius 1 is 1.18 bits per heavy atom. The SMILES string of the molecule is CCC(O)CCNC1CCC(C(C)(C)C)CC1. The molecule has 0 aromatic rings. The van der Waals surface area contributed by atoms with E-state index in [0.29, 0.717) is 11.5 Å². The lowest BCUT2D eigenvalue weighted by atomic mass is 9.71. The van der Waals surface area contributed by atoms with Crippen LogP contribution in [0.1, 0.15) is 66.2 Å². The summed E-state index contributed by atoms with van der Waals surface area (Å²) in [6.07, 6.45) is 6.99. The molecule has 0 bridgehead atoms. The Kier molecular flexibility index (Phi) is 5.94. The second-order valence-electron chi connectivity index (χ2n) is 6.72. The summed E-state index contributed by atoms with van der Waals surface area (Å²) in [5.74, 6) is 0.891. The zero-order valence-corrected chi connectivity index (χ0v) is 12.1. The fraction of sp³-hybridized carbons (Fsp3) is 1.00. The van der Waals surface area contributed by atoms with E-state index in [-0.39, 0.29) is 6.10 Å². The van der Waals surface area contributed by atoms with E-state index in [4.69, 9.17) is 0 Å². The predicted octanol–water partition coefficient (Wildman–Crippen LogP) is 3.34. The summed E-state index contributed by atoms with van der Waals surface area (Å²) in [6.45, 7) is 10.1. The van der Waals surface area contributed by atoms with Crippen LogP contribution < -0.4 is 5.32 Å². The van der Waals surface area contributed by atoms with Crippen LogP contribution in [0.4, 0.5) is 0 Å². The molecule has 1 rings (SSSR count). The lowest BCUT2D eigenvalue weighted by Gasteiger charge is -2.37. The van der Waals surface area contributed by atoms with Gasteiger partial charge in [-0.15, -0.1) is 0 Å². The fourth-order valence-corrected chi connectivity index (χ4v) is 2.82. The summed E-state index contributed by atoms with van der Waals surface area (Å²) in [5, 5.41) is 13.1. The molecular formula is C15H31NO. The highest BCUT2D eigenvalue weighted by atomic mass is 16.3. The van der Waals surface area contributed by atoms with Gasteiger partial charge in [0, 0.05) is 6.04 Å². The van der Waals surface area contributed by atoms with Gasteiger partial charge in [-0.3, -0.25) is 0 Å². The predicted molar refractivity (Wildman–Crippen MR) is 74.1 cm³/mol. The van der Waals surface area contributed by atoms with Crippen molar-refractivity contribution in [1.29, 1.82) is 0 Å². The first-order chi connectivity index (χ1) is 7.93. The van der Waals surface area contributed by atoms with Gasteiger partial charge in [-0.25, -0.2) is 0 Å². The van der Waals surface area contributed by atoms with Crippen molar-refractivity contribution in [2.45, 2.75) is 78.4 Å². The van der Waals surface area contributed by atoms with Gasteiger partial charge in [0.15, 0.2) is 0 Å². The molecule has 1 saturated carbocycles. The maximum Gasteiger partial charge on any atom is 0.0549 e. The topological polar surface area (TPSA) is 32.3 Å². The van der Waals surface area contributed by atoms with Gasteiger partial charge in [0.25, 0.3) is 0 Å². The number of aliphatic hydroxyl groups is 1. The monoisotopic (exact) mass is 241 g/mol. The molecule has 2 nitrogen and oxygen atoms in total. The minimum Gasteiger partial charge on any atom is -0.393 e. The van der Waals surface area contributed by atoms with Gasteiger partial charge >= 0.3 is 0 Å². The molecule has 0 spiro atoms. The first-order valence-electron chi connectivity index (χ1n) is 7.35. The third kappa shape index (κ3) is 5.39. The number of hydrogen-bond acceptors (Lipinski definition) is 2. The van der Waals surface area contributed by atoms with Crippen LogP contribution in [0.3, 0.4) is 0 Å². The lowest BCUT2D eigenvalue weighted by Crippen LogP contribution is -2.37. The number of aliphatic hydroxyl groups excluding tert-OH is 1. The number of nitrogens with one attached hydrogen (secondary N) is 1. The third-order valence-electron chi connectivity index (χ3n) is 4.33. The van der Waals surface area contributed by atoms with E-state index < -0.39 is 0 Å². The first kappa shape index (κ1) is 15.0. The minimum absolute atomic E-state index is 0.117. The van der Waals surface area contributed by atoms with Gasteiger partial charge in [-0.05, 0) is 56.4 Å². The van der Waals surface area contributed by atoms with Gasteiger partial charge in [0.2, 0.25) is 0 Å². The van der Waals surface area contributed by atoms with Crippen molar-refractivity contribution in [3.8, 4) is 0 Å². The second-order valence-corrected chi connectivity index (χ2v) is 6.72. The van der Waals surface area contributed by atoms with Crippen LogP contribution in [-0.4, -0.2) is 23.8 Å². The van der Waals surface area contributed by atoms with E-state index in [0.717, 1.165) is 25.3 Å². The van der Waals surface area contributed by atoms with Crippen molar-refractivity contribution in [2.75, 3.05) is 6.54 Å². The standard InChI is InChI=1S/C15H31NO/c1-5-14(17)10-11-16-13-8-6-12(7-9-13)15(2,3)4/h12-14,16-17H,5-11H2,1-4H3. The van der Waals surface area contributed by atoms with Crippen molar-refractivity contribution in [3.63, 3.8) is 0 Å². The number of hydrogen-bond donors (Lipinski definition) is 2. The van der Waals surface area contributed by atoms with Crippen LogP contribution >= 0.6 is 0 Å². The van der Waals surface area contributed by atoms with Gasteiger partial charge in [0.05, 0.1) is 6.10 Å². The lowest BCUT2D eigenvalue weighted by molar-refractivity contribution is 0.145. The fourth-order valence-electron chi connectivity index (χ4n) is 2.82. The molecule has 0 heterocycles. The molecule has 1 aliphatic rings. The normalized spacial score (nSPS) is 28.1. The molecule has 2 heteroatoms. The van der Waals surface area contributed by atoms with Crippen LogP contribution in [0.15, 0.2) is 0 Å². The highest BCUT2D eigenvalue weighted by molar-refractivity contribution is 4.83.